The number of carbonyl (C=O) groups is 1. The molecule has 0 bridgehead atoms. The average Bonchev–Trinajstić information content (AvgIpc) is 2.87. The van der Waals surface area contributed by atoms with E-state index in [1.165, 1.54) is 11.5 Å². The largest absolute Gasteiger partial charge is 0.490 e. The second kappa shape index (κ2) is 11.8. The van der Waals surface area contributed by atoms with Crippen molar-refractivity contribution in [2.24, 2.45) is 0 Å². The first kappa shape index (κ1) is 25.3. The number of nitrogens with zero attached hydrogens (tertiary/aromatic N) is 1. The van der Waals surface area contributed by atoms with Crippen LogP contribution >= 0.6 is 27.5 Å². The molecule has 0 atom stereocenters. The molecule has 0 aliphatic carbocycles. The summed E-state index contributed by atoms with van der Waals surface area (Å²) in [6, 6.07) is 26.6. The number of rotatable bonds is 8. The molecule has 0 unspecified atom stereocenters. The van der Waals surface area contributed by atoms with E-state index in [2.05, 4.69) is 45.5 Å². The molecule has 0 fully saturated rings. The number of hydrogen-bond acceptors (Lipinski definition) is 4. The summed E-state index contributed by atoms with van der Waals surface area (Å²) in [6.45, 7) is 2.65. The molecule has 5 nitrogen and oxygen atoms in total. The van der Waals surface area contributed by atoms with Gasteiger partial charge in [-0.05, 0) is 87.2 Å². The Morgan fingerprint density at radius 3 is 2.58 bits per heavy atom. The quantitative estimate of drug-likeness (QED) is 0.176. The molecule has 36 heavy (non-hydrogen) atoms. The smallest absolute Gasteiger partial charge is 0.266 e. The highest BCUT2D eigenvalue weighted by Gasteiger charge is 2.15. The van der Waals surface area contributed by atoms with Gasteiger partial charge in [-0.1, -0.05) is 54.1 Å². The number of halogens is 2. The highest BCUT2D eigenvalue weighted by atomic mass is 79.9. The van der Waals surface area contributed by atoms with Crippen LogP contribution in [0.2, 0.25) is 5.02 Å². The predicted octanol–water partition coefficient (Wildman–Crippen LogP) is 7.78. The van der Waals surface area contributed by atoms with Crippen LogP contribution in [0, 0.1) is 11.3 Å². The molecule has 0 saturated carbocycles. The summed E-state index contributed by atoms with van der Waals surface area (Å²) < 4.78 is 12.6. The van der Waals surface area contributed by atoms with E-state index in [0.717, 1.165) is 10.9 Å². The van der Waals surface area contributed by atoms with Gasteiger partial charge in [0, 0.05) is 10.7 Å². The summed E-state index contributed by atoms with van der Waals surface area (Å²) in [5.74, 6) is 0.515. The fraction of sp³-hybridized carbons (Fsp3) is 0.103. The molecule has 180 valence electrons. The number of hydrogen-bond donors (Lipinski definition) is 1. The number of benzene rings is 4. The standard InChI is InChI=1S/C29H22BrClN2O3/c1-2-35-27-15-20(13-23(17-32)29(34)33-25-9-5-8-24(31)16-25)14-26(30)28(27)36-18-19-10-11-21-6-3-4-7-22(21)12-19/h3-16H,2,18H2,1H3,(H,33,34)/b23-13+. The molecule has 1 N–H and O–H groups in total. The number of nitrogens with one attached hydrogen (secondary N) is 1. The molecular weight excluding hydrogens is 540 g/mol. The van der Waals surface area contributed by atoms with Gasteiger partial charge in [-0.3, -0.25) is 4.79 Å². The third-order valence-corrected chi connectivity index (χ3v) is 6.11. The Morgan fingerprint density at radius 2 is 1.83 bits per heavy atom. The number of ether oxygens (including phenoxy) is 2. The van der Waals surface area contributed by atoms with Gasteiger partial charge in [0.25, 0.3) is 5.91 Å². The van der Waals surface area contributed by atoms with E-state index in [0.29, 0.717) is 45.5 Å². The van der Waals surface area contributed by atoms with Crippen LogP contribution in [0.1, 0.15) is 18.1 Å². The van der Waals surface area contributed by atoms with Crippen LogP contribution in [0.3, 0.4) is 0 Å². The summed E-state index contributed by atoms with van der Waals surface area (Å²) in [7, 11) is 0. The maximum Gasteiger partial charge on any atom is 0.266 e. The third kappa shape index (κ3) is 6.25. The molecule has 4 aromatic rings. The molecule has 0 spiro atoms. The SMILES string of the molecule is CCOc1cc(/C=C(\C#N)C(=O)Nc2cccc(Cl)c2)cc(Br)c1OCc1ccc2ccccc2c1. The van der Waals surface area contributed by atoms with Gasteiger partial charge >= 0.3 is 0 Å². The van der Waals surface area contributed by atoms with Crippen molar-refractivity contribution in [2.75, 3.05) is 11.9 Å². The Bertz CT molecular complexity index is 1490. The highest BCUT2D eigenvalue weighted by molar-refractivity contribution is 9.10. The van der Waals surface area contributed by atoms with Crippen LogP contribution in [0.25, 0.3) is 16.8 Å². The normalized spacial score (nSPS) is 11.1. The number of anilines is 1. The second-order valence-electron chi connectivity index (χ2n) is 7.87. The van der Waals surface area contributed by atoms with E-state index in [9.17, 15) is 10.1 Å². The Kier molecular flexibility index (Phi) is 8.27. The Labute approximate surface area is 223 Å². The van der Waals surface area contributed by atoms with Crippen LogP contribution < -0.4 is 14.8 Å². The monoisotopic (exact) mass is 560 g/mol. The fourth-order valence-corrected chi connectivity index (χ4v) is 4.40. The minimum absolute atomic E-state index is 0.0610. The number of nitriles is 1. The van der Waals surface area contributed by atoms with Gasteiger partial charge in [-0.2, -0.15) is 5.26 Å². The van der Waals surface area contributed by atoms with E-state index in [1.807, 2.05) is 31.2 Å². The van der Waals surface area contributed by atoms with Crippen LogP contribution in [0.5, 0.6) is 11.5 Å². The molecule has 4 rings (SSSR count). The Morgan fingerprint density at radius 1 is 1.03 bits per heavy atom. The van der Waals surface area contributed by atoms with Gasteiger partial charge in [-0.25, -0.2) is 0 Å². The Balaban J connectivity index is 1.56. The van der Waals surface area contributed by atoms with Crippen LogP contribution in [-0.2, 0) is 11.4 Å². The number of carbonyl (C=O) groups excluding carboxylic acids is 1. The minimum Gasteiger partial charge on any atom is -0.490 e. The van der Waals surface area contributed by atoms with E-state index in [4.69, 9.17) is 21.1 Å². The first-order valence-corrected chi connectivity index (χ1v) is 12.4. The zero-order chi connectivity index (χ0) is 25.5. The first-order valence-electron chi connectivity index (χ1n) is 11.2. The Hall–Kier alpha value is -3.79. The van der Waals surface area contributed by atoms with E-state index in [1.54, 1.807) is 36.4 Å². The number of amides is 1. The van der Waals surface area contributed by atoms with Gasteiger partial charge in [0.05, 0.1) is 11.1 Å². The predicted molar refractivity (Wildman–Crippen MR) is 147 cm³/mol. The van der Waals surface area contributed by atoms with Crippen LogP contribution in [0.4, 0.5) is 5.69 Å². The molecule has 0 heterocycles. The fourth-order valence-electron chi connectivity index (χ4n) is 3.64. The lowest BCUT2D eigenvalue weighted by Crippen LogP contribution is -2.13. The van der Waals surface area contributed by atoms with Crippen molar-refractivity contribution in [1.82, 2.24) is 0 Å². The lowest BCUT2D eigenvalue weighted by atomic mass is 10.1. The molecule has 1 amide bonds. The minimum atomic E-state index is -0.537. The summed E-state index contributed by atoms with van der Waals surface area (Å²) in [6.07, 6.45) is 1.50. The van der Waals surface area contributed by atoms with Crippen molar-refractivity contribution >= 4 is 56.0 Å². The second-order valence-corrected chi connectivity index (χ2v) is 9.16. The highest BCUT2D eigenvalue weighted by Crippen LogP contribution is 2.38. The van der Waals surface area contributed by atoms with Crippen molar-refractivity contribution in [3.63, 3.8) is 0 Å². The first-order chi connectivity index (χ1) is 17.5. The molecular formula is C29H22BrClN2O3. The summed E-state index contributed by atoms with van der Waals surface area (Å²) in [5.41, 5.74) is 2.08. The molecule has 0 radical (unpaired) electrons. The van der Waals surface area contributed by atoms with Gasteiger partial charge < -0.3 is 14.8 Å². The van der Waals surface area contributed by atoms with Crippen molar-refractivity contribution < 1.29 is 14.3 Å². The average molecular weight is 562 g/mol. The van der Waals surface area contributed by atoms with Gasteiger partial charge in [0.2, 0.25) is 0 Å². The molecule has 7 heteroatoms. The van der Waals surface area contributed by atoms with Crippen LogP contribution in [0.15, 0.2) is 88.9 Å². The molecule has 0 aromatic heterocycles. The maximum atomic E-state index is 12.7. The van der Waals surface area contributed by atoms with Crippen LogP contribution in [-0.4, -0.2) is 12.5 Å². The third-order valence-electron chi connectivity index (χ3n) is 5.29. The molecule has 0 aliphatic heterocycles. The summed E-state index contributed by atoms with van der Waals surface area (Å²) in [5, 5.41) is 15.1. The molecule has 0 aliphatic rings. The molecule has 4 aromatic carbocycles. The van der Waals surface area contributed by atoms with E-state index in [-0.39, 0.29) is 5.57 Å². The summed E-state index contributed by atoms with van der Waals surface area (Å²) >= 11 is 9.54. The maximum absolute atomic E-state index is 12.7. The van der Waals surface area contributed by atoms with E-state index < -0.39 is 5.91 Å². The van der Waals surface area contributed by atoms with Crippen molar-refractivity contribution in [1.29, 1.82) is 5.26 Å². The van der Waals surface area contributed by atoms with Crippen molar-refractivity contribution in [2.45, 2.75) is 13.5 Å². The lowest BCUT2D eigenvalue weighted by Gasteiger charge is -2.15. The van der Waals surface area contributed by atoms with Crippen molar-refractivity contribution in [3.8, 4) is 17.6 Å². The van der Waals surface area contributed by atoms with Gasteiger partial charge in [0.15, 0.2) is 11.5 Å². The zero-order valence-electron chi connectivity index (χ0n) is 19.4. The van der Waals surface area contributed by atoms with Gasteiger partial charge in [0.1, 0.15) is 18.2 Å². The van der Waals surface area contributed by atoms with Crippen molar-refractivity contribution in [3.05, 3.63) is 105 Å². The topological polar surface area (TPSA) is 71.3 Å². The summed E-state index contributed by atoms with van der Waals surface area (Å²) in [4.78, 5) is 12.7. The van der Waals surface area contributed by atoms with E-state index >= 15 is 0 Å². The molecule has 0 saturated heterocycles. The lowest BCUT2D eigenvalue weighted by molar-refractivity contribution is -0.112. The number of fused-ring (bicyclic) bond motifs is 1. The zero-order valence-corrected chi connectivity index (χ0v) is 21.8. The van der Waals surface area contributed by atoms with Gasteiger partial charge in [-0.15, -0.1) is 0 Å².